The Bertz CT molecular complexity index is 447. The number of hydrogen-bond acceptors (Lipinski definition) is 2. The van der Waals surface area contributed by atoms with E-state index in [9.17, 15) is 0 Å². The van der Waals surface area contributed by atoms with Crippen molar-refractivity contribution in [2.75, 3.05) is 5.32 Å². The third-order valence-electron chi connectivity index (χ3n) is 2.97. The summed E-state index contributed by atoms with van der Waals surface area (Å²) in [4.78, 5) is 0. The number of nitrogens with zero attached hydrogens (tertiary/aromatic N) is 1. The summed E-state index contributed by atoms with van der Waals surface area (Å²) in [6.45, 7) is 4.45. The first-order chi connectivity index (χ1) is 7.85. The first kappa shape index (κ1) is 11.0. The number of para-hydroxylation sites is 1. The lowest BCUT2D eigenvalue weighted by molar-refractivity contribution is 0.623. The molecule has 0 aliphatic rings. The van der Waals surface area contributed by atoms with Gasteiger partial charge < -0.3 is 5.32 Å². The molecule has 86 valence electrons. The quantitative estimate of drug-likeness (QED) is 0.804. The van der Waals surface area contributed by atoms with Crippen LogP contribution in [0.1, 0.15) is 33.1 Å². The van der Waals surface area contributed by atoms with Gasteiger partial charge in [0.15, 0.2) is 0 Å². The van der Waals surface area contributed by atoms with E-state index in [4.69, 9.17) is 0 Å². The van der Waals surface area contributed by atoms with Gasteiger partial charge in [-0.05, 0) is 18.9 Å². The first-order valence-corrected chi connectivity index (χ1v) is 6.03. The molecule has 0 aliphatic carbocycles. The minimum Gasteiger partial charge on any atom is -0.381 e. The summed E-state index contributed by atoms with van der Waals surface area (Å²) in [6, 6.07) is 6.81. The van der Waals surface area contributed by atoms with Crippen LogP contribution in [0.15, 0.2) is 24.4 Å². The molecular formula is C13H19N3. The summed E-state index contributed by atoms with van der Waals surface area (Å²) in [5, 5.41) is 11.9. The van der Waals surface area contributed by atoms with Crippen LogP contribution in [0.5, 0.6) is 0 Å². The Morgan fingerprint density at radius 2 is 2.25 bits per heavy atom. The molecule has 0 fully saturated rings. The van der Waals surface area contributed by atoms with Crippen LogP contribution in [0.2, 0.25) is 0 Å². The van der Waals surface area contributed by atoms with Gasteiger partial charge in [0, 0.05) is 11.4 Å². The molecule has 16 heavy (non-hydrogen) atoms. The van der Waals surface area contributed by atoms with Crippen molar-refractivity contribution >= 4 is 16.6 Å². The van der Waals surface area contributed by atoms with Crippen molar-refractivity contribution in [2.45, 2.75) is 39.2 Å². The van der Waals surface area contributed by atoms with Gasteiger partial charge in [0.1, 0.15) is 0 Å². The Balaban J connectivity index is 2.22. The van der Waals surface area contributed by atoms with Gasteiger partial charge in [0.25, 0.3) is 0 Å². The fourth-order valence-electron chi connectivity index (χ4n) is 2.04. The van der Waals surface area contributed by atoms with E-state index >= 15 is 0 Å². The van der Waals surface area contributed by atoms with Gasteiger partial charge in [-0.1, -0.05) is 32.4 Å². The molecule has 0 amide bonds. The molecule has 0 spiro atoms. The Labute approximate surface area is 96.2 Å². The number of hydrogen-bond donors (Lipinski definition) is 2. The van der Waals surface area contributed by atoms with Crippen molar-refractivity contribution in [3.8, 4) is 0 Å². The van der Waals surface area contributed by atoms with Crippen LogP contribution in [0.3, 0.4) is 0 Å². The molecule has 2 rings (SSSR count). The monoisotopic (exact) mass is 217 g/mol. The fraction of sp³-hybridized carbons (Fsp3) is 0.462. The maximum Gasteiger partial charge on any atom is 0.0881 e. The van der Waals surface area contributed by atoms with Gasteiger partial charge >= 0.3 is 0 Å². The van der Waals surface area contributed by atoms with Gasteiger partial charge in [-0.15, -0.1) is 0 Å². The van der Waals surface area contributed by atoms with E-state index in [1.165, 1.54) is 12.8 Å². The lowest BCUT2D eigenvalue weighted by Crippen LogP contribution is -2.18. The molecule has 1 heterocycles. The highest BCUT2D eigenvalue weighted by Crippen LogP contribution is 2.22. The highest BCUT2D eigenvalue weighted by molar-refractivity contribution is 5.89. The van der Waals surface area contributed by atoms with Gasteiger partial charge in [0.2, 0.25) is 0 Å². The zero-order valence-electron chi connectivity index (χ0n) is 9.96. The molecule has 1 aromatic heterocycles. The van der Waals surface area contributed by atoms with E-state index in [1.54, 1.807) is 0 Å². The van der Waals surface area contributed by atoms with Crippen LogP contribution in [0.4, 0.5) is 5.69 Å². The van der Waals surface area contributed by atoms with Crippen molar-refractivity contribution in [3.63, 3.8) is 0 Å². The first-order valence-electron chi connectivity index (χ1n) is 6.03. The normalized spacial score (nSPS) is 12.9. The molecule has 0 radical (unpaired) electrons. The third-order valence-corrected chi connectivity index (χ3v) is 2.97. The van der Waals surface area contributed by atoms with Crippen LogP contribution < -0.4 is 5.32 Å². The average molecular weight is 217 g/mol. The summed E-state index contributed by atoms with van der Waals surface area (Å²) in [5.74, 6) is 0. The summed E-state index contributed by atoms with van der Waals surface area (Å²) in [5.41, 5.74) is 2.27. The third kappa shape index (κ3) is 2.18. The lowest BCUT2D eigenvalue weighted by atomic mass is 10.1. The Morgan fingerprint density at radius 3 is 3.00 bits per heavy atom. The topological polar surface area (TPSA) is 40.7 Å². The fourth-order valence-corrected chi connectivity index (χ4v) is 2.04. The van der Waals surface area contributed by atoms with Crippen LogP contribution in [0, 0.1) is 0 Å². The van der Waals surface area contributed by atoms with E-state index < -0.39 is 0 Å². The molecule has 1 unspecified atom stereocenters. The van der Waals surface area contributed by atoms with Crippen LogP contribution in [-0.4, -0.2) is 16.2 Å². The molecule has 0 saturated carbocycles. The van der Waals surface area contributed by atoms with Crippen molar-refractivity contribution in [3.05, 3.63) is 24.4 Å². The molecule has 2 aromatic rings. The summed E-state index contributed by atoms with van der Waals surface area (Å²) in [6.07, 6.45) is 5.44. The molecular weight excluding hydrogens is 198 g/mol. The standard InChI is InChI=1S/C13H19N3/c1-3-6-11(4-2)15-12-8-5-7-10-9-14-16-13(10)12/h5,7-9,11,15H,3-4,6H2,1-2H3,(H,14,16). The smallest absolute Gasteiger partial charge is 0.0881 e. The van der Waals surface area contributed by atoms with Crippen molar-refractivity contribution in [1.82, 2.24) is 10.2 Å². The maximum absolute atomic E-state index is 4.08. The highest BCUT2D eigenvalue weighted by Gasteiger charge is 2.07. The van der Waals surface area contributed by atoms with E-state index in [-0.39, 0.29) is 0 Å². The minimum absolute atomic E-state index is 0.555. The van der Waals surface area contributed by atoms with E-state index in [0.29, 0.717) is 6.04 Å². The average Bonchev–Trinajstić information content (AvgIpc) is 2.77. The van der Waals surface area contributed by atoms with Gasteiger partial charge in [-0.2, -0.15) is 5.10 Å². The van der Waals surface area contributed by atoms with Crippen LogP contribution in [0.25, 0.3) is 10.9 Å². The molecule has 3 nitrogen and oxygen atoms in total. The molecule has 1 aromatic carbocycles. The SMILES string of the molecule is CCCC(CC)Nc1cccc2cn[nH]c12. The second-order valence-corrected chi connectivity index (χ2v) is 4.18. The van der Waals surface area contributed by atoms with E-state index in [0.717, 1.165) is 23.0 Å². The largest absolute Gasteiger partial charge is 0.381 e. The number of aromatic amines is 1. The predicted octanol–water partition coefficient (Wildman–Crippen LogP) is 3.55. The van der Waals surface area contributed by atoms with Crippen molar-refractivity contribution in [2.24, 2.45) is 0 Å². The predicted molar refractivity (Wildman–Crippen MR) is 68.7 cm³/mol. The van der Waals surface area contributed by atoms with Gasteiger partial charge in [-0.3, -0.25) is 5.10 Å². The Hall–Kier alpha value is -1.51. The molecule has 2 N–H and O–H groups in total. The number of H-pyrrole nitrogens is 1. The van der Waals surface area contributed by atoms with Crippen molar-refractivity contribution < 1.29 is 0 Å². The van der Waals surface area contributed by atoms with E-state index in [1.807, 2.05) is 6.20 Å². The van der Waals surface area contributed by atoms with Crippen LogP contribution in [-0.2, 0) is 0 Å². The van der Waals surface area contributed by atoms with E-state index in [2.05, 4.69) is 47.6 Å². The zero-order chi connectivity index (χ0) is 11.4. The van der Waals surface area contributed by atoms with Gasteiger partial charge in [-0.25, -0.2) is 0 Å². The molecule has 3 heteroatoms. The number of nitrogens with one attached hydrogen (secondary N) is 2. The summed E-state index contributed by atoms with van der Waals surface area (Å²) < 4.78 is 0. The number of fused-ring (bicyclic) bond motifs is 1. The zero-order valence-corrected chi connectivity index (χ0v) is 9.96. The Morgan fingerprint density at radius 1 is 1.38 bits per heavy atom. The Kier molecular flexibility index (Phi) is 3.44. The summed E-state index contributed by atoms with van der Waals surface area (Å²) >= 11 is 0. The molecule has 0 bridgehead atoms. The second-order valence-electron chi connectivity index (χ2n) is 4.18. The molecule has 0 saturated heterocycles. The van der Waals surface area contributed by atoms with Gasteiger partial charge in [0.05, 0.1) is 17.4 Å². The highest BCUT2D eigenvalue weighted by atomic mass is 15.1. The lowest BCUT2D eigenvalue weighted by Gasteiger charge is -2.17. The number of anilines is 1. The number of rotatable bonds is 5. The maximum atomic E-state index is 4.08. The second kappa shape index (κ2) is 5.01. The molecule has 0 aliphatic heterocycles. The van der Waals surface area contributed by atoms with Crippen LogP contribution >= 0.6 is 0 Å². The number of benzene rings is 1. The minimum atomic E-state index is 0.555. The van der Waals surface area contributed by atoms with Crippen molar-refractivity contribution in [1.29, 1.82) is 0 Å². The molecule has 1 atom stereocenters. The summed E-state index contributed by atoms with van der Waals surface area (Å²) in [7, 11) is 0. The number of aromatic nitrogens is 2.